The molecule has 1 aromatic rings. The lowest BCUT2D eigenvalue weighted by Crippen LogP contribution is -2.34. The molecule has 1 aliphatic rings. The molecule has 5 nitrogen and oxygen atoms in total. The fourth-order valence-corrected chi connectivity index (χ4v) is 3.63. The minimum absolute atomic E-state index is 0.225. The highest BCUT2D eigenvalue weighted by atomic mass is 32.2. The standard InChI is InChI=1S/C13H21N3O2S/c14-11-12-5-1-2-6-13(12)19(17,18)15-7-10-16-8-3-4-9-16/h1-2,5-6,15H,3-4,7-11,14H2. The van der Waals surface area contributed by atoms with Crippen molar-refractivity contribution in [3.05, 3.63) is 29.8 Å². The highest BCUT2D eigenvalue weighted by Gasteiger charge is 2.18. The molecule has 106 valence electrons. The highest BCUT2D eigenvalue weighted by molar-refractivity contribution is 7.89. The molecule has 0 unspecified atom stereocenters. The van der Waals surface area contributed by atoms with E-state index in [4.69, 9.17) is 5.73 Å². The fraction of sp³-hybridized carbons (Fsp3) is 0.538. The summed E-state index contributed by atoms with van der Waals surface area (Å²) in [6, 6.07) is 6.86. The van der Waals surface area contributed by atoms with Crippen molar-refractivity contribution < 1.29 is 8.42 Å². The molecule has 0 atom stereocenters. The summed E-state index contributed by atoms with van der Waals surface area (Å²) in [5.41, 5.74) is 6.22. The second kappa shape index (κ2) is 6.47. The second-order valence-electron chi connectivity index (χ2n) is 4.76. The van der Waals surface area contributed by atoms with Crippen molar-refractivity contribution in [3.63, 3.8) is 0 Å². The molecule has 1 aliphatic heterocycles. The van der Waals surface area contributed by atoms with Crippen LogP contribution in [0.25, 0.3) is 0 Å². The fourth-order valence-electron chi connectivity index (χ4n) is 2.36. The normalized spacial score (nSPS) is 16.9. The maximum absolute atomic E-state index is 12.2. The van der Waals surface area contributed by atoms with Crippen LogP contribution >= 0.6 is 0 Å². The van der Waals surface area contributed by atoms with Crippen LogP contribution in [-0.4, -0.2) is 39.5 Å². The van der Waals surface area contributed by atoms with Gasteiger partial charge < -0.3 is 10.6 Å². The van der Waals surface area contributed by atoms with E-state index in [1.54, 1.807) is 24.3 Å². The summed E-state index contributed by atoms with van der Waals surface area (Å²) in [5, 5.41) is 0. The molecule has 6 heteroatoms. The van der Waals surface area contributed by atoms with Crippen molar-refractivity contribution in [2.75, 3.05) is 26.2 Å². The van der Waals surface area contributed by atoms with Gasteiger partial charge in [-0.05, 0) is 37.6 Å². The minimum Gasteiger partial charge on any atom is -0.326 e. The van der Waals surface area contributed by atoms with Gasteiger partial charge in [0.05, 0.1) is 4.90 Å². The van der Waals surface area contributed by atoms with Crippen LogP contribution < -0.4 is 10.5 Å². The van der Waals surface area contributed by atoms with E-state index in [-0.39, 0.29) is 6.54 Å². The van der Waals surface area contributed by atoms with E-state index in [9.17, 15) is 8.42 Å². The van der Waals surface area contributed by atoms with Gasteiger partial charge in [-0.1, -0.05) is 18.2 Å². The zero-order chi connectivity index (χ0) is 13.7. The molecule has 1 heterocycles. The van der Waals surface area contributed by atoms with Gasteiger partial charge in [0.1, 0.15) is 0 Å². The second-order valence-corrected chi connectivity index (χ2v) is 6.49. The van der Waals surface area contributed by atoms with Crippen LogP contribution in [0.15, 0.2) is 29.2 Å². The van der Waals surface area contributed by atoms with E-state index in [2.05, 4.69) is 9.62 Å². The molecule has 0 amide bonds. The molecular formula is C13H21N3O2S. The summed E-state index contributed by atoms with van der Waals surface area (Å²) in [6.07, 6.45) is 2.42. The van der Waals surface area contributed by atoms with Crippen molar-refractivity contribution in [2.45, 2.75) is 24.3 Å². The Balaban J connectivity index is 1.97. The first-order valence-electron chi connectivity index (χ1n) is 6.63. The Labute approximate surface area is 114 Å². The van der Waals surface area contributed by atoms with E-state index < -0.39 is 10.0 Å². The van der Waals surface area contributed by atoms with Gasteiger partial charge in [-0.3, -0.25) is 0 Å². The van der Waals surface area contributed by atoms with Gasteiger partial charge >= 0.3 is 0 Å². The quantitative estimate of drug-likeness (QED) is 0.798. The van der Waals surface area contributed by atoms with Gasteiger partial charge in [-0.2, -0.15) is 0 Å². The van der Waals surface area contributed by atoms with E-state index >= 15 is 0 Å². The Morgan fingerprint density at radius 2 is 1.89 bits per heavy atom. The summed E-state index contributed by atoms with van der Waals surface area (Å²) >= 11 is 0. The number of hydrogen-bond acceptors (Lipinski definition) is 4. The van der Waals surface area contributed by atoms with Crippen LogP contribution in [-0.2, 0) is 16.6 Å². The SMILES string of the molecule is NCc1ccccc1S(=O)(=O)NCCN1CCCC1. The number of nitrogens with two attached hydrogens (primary N) is 1. The number of benzene rings is 1. The summed E-state index contributed by atoms with van der Waals surface area (Å²) < 4.78 is 27.1. The van der Waals surface area contributed by atoms with Gasteiger partial charge in [0, 0.05) is 19.6 Å². The molecule has 0 aromatic heterocycles. The van der Waals surface area contributed by atoms with E-state index in [1.165, 1.54) is 12.8 Å². The largest absolute Gasteiger partial charge is 0.326 e. The molecule has 1 saturated heterocycles. The average Bonchev–Trinajstić information content (AvgIpc) is 2.91. The van der Waals surface area contributed by atoms with Gasteiger partial charge in [0.25, 0.3) is 0 Å². The first-order chi connectivity index (χ1) is 9.13. The van der Waals surface area contributed by atoms with Crippen LogP contribution in [0.1, 0.15) is 18.4 Å². The molecule has 19 heavy (non-hydrogen) atoms. The van der Waals surface area contributed by atoms with Gasteiger partial charge in [0.2, 0.25) is 10.0 Å². The molecule has 0 spiro atoms. The molecular weight excluding hydrogens is 262 g/mol. The van der Waals surface area contributed by atoms with Crippen molar-refractivity contribution in [1.29, 1.82) is 0 Å². The summed E-state index contributed by atoms with van der Waals surface area (Å²) in [4.78, 5) is 2.57. The third-order valence-corrected chi connectivity index (χ3v) is 4.96. The summed E-state index contributed by atoms with van der Waals surface area (Å²) in [7, 11) is -3.45. The molecule has 1 aromatic carbocycles. The number of sulfonamides is 1. The van der Waals surface area contributed by atoms with Gasteiger partial charge in [-0.15, -0.1) is 0 Å². The van der Waals surface area contributed by atoms with Crippen LogP contribution in [0, 0.1) is 0 Å². The first-order valence-corrected chi connectivity index (χ1v) is 8.12. The Kier molecular flexibility index (Phi) is 4.93. The highest BCUT2D eigenvalue weighted by Crippen LogP contribution is 2.14. The smallest absolute Gasteiger partial charge is 0.240 e. The zero-order valence-corrected chi connectivity index (χ0v) is 11.8. The number of rotatable bonds is 6. The lowest BCUT2D eigenvalue weighted by atomic mass is 10.2. The minimum atomic E-state index is -3.45. The predicted molar refractivity (Wildman–Crippen MR) is 75.2 cm³/mol. The molecule has 0 aliphatic carbocycles. The van der Waals surface area contributed by atoms with E-state index in [0.717, 1.165) is 19.6 Å². The molecule has 2 rings (SSSR count). The monoisotopic (exact) mass is 283 g/mol. The summed E-state index contributed by atoms with van der Waals surface area (Å²) in [6.45, 7) is 3.58. The van der Waals surface area contributed by atoms with Crippen LogP contribution in [0.5, 0.6) is 0 Å². The Bertz CT molecular complexity index is 510. The van der Waals surface area contributed by atoms with E-state index in [1.807, 2.05) is 0 Å². The zero-order valence-electron chi connectivity index (χ0n) is 11.0. The molecule has 0 bridgehead atoms. The molecule has 3 N–H and O–H groups in total. The van der Waals surface area contributed by atoms with Crippen LogP contribution in [0.3, 0.4) is 0 Å². The number of nitrogens with one attached hydrogen (secondary N) is 1. The van der Waals surface area contributed by atoms with Crippen molar-refractivity contribution in [2.24, 2.45) is 5.73 Å². The topological polar surface area (TPSA) is 75.4 Å². The maximum Gasteiger partial charge on any atom is 0.240 e. The van der Waals surface area contributed by atoms with E-state index in [0.29, 0.717) is 17.0 Å². The van der Waals surface area contributed by atoms with Crippen LogP contribution in [0.2, 0.25) is 0 Å². The van der Waals surface area contributed by atoms with Gasteiger partial charge in [-0.25, -0.2) is 13.1 Å². The Hall–Kier alpha value is -0.950. The lowest BCUT2D eigenvalue weighted by molar-refractivity contribution is 0.344. The first kappa shape index (κ1) is 14.5. The third kappa shape index (κ3) is 3.76. The Morgan fingerprint density at radius 1 is 1.21 bits per heavy atom. The number of hydrogen-bond donors (Lipinski definition) is 2. The average molecular weight is 283 g/mol. The molecule has 0 saturated carbocycles. The van der Waals surface area contributed by atoms with Crippen LogP contribution in [0.4, 0.5) is 0 Å². The third-order valence-electron chi connectivity index (χ3n) is 3.40. The number of nitrogens with zero attached hydrogens (tertiary/aromatic N) is 1. The molecule has 1 fully saturated rings. The molecule has 0 radical (unpaired) electrons. The predicted octanol–water partition coefficient (Wildman–Crippen LogP) is 0.519. The lowest BCUT2D eigenvalue weighted by Gasteiger charge is -2.15. The summed E-state index contributed by atoms with van der Waals surface area (Å²) in [5.74, 6) is 0. The van der Waals surface area contributed by atoms with Gasteiger partial charge in [0.15, 0.2) is 0 Å². The maximum atomic E-state index is 12.2. The van der Waals surface area contributed by atoms with Crippen molar-refractivity contribution in [3.8, 4) is 0 Å². The van der Waals surface area contributed by atoms with Crippen molar-refractivity contribution in [1.82, 2.24) is 9.62 Å². The Morgan fingerprint density at radius 3 is 2.58 bits per heavy atom. The van der Waals surface area contributed by atoms with Crippen molar-refractivity contribution >= 4 is 10.0 Å². The number of likely N-dealkylation sites (tertiary alicyclic amines) is 1.